The summed E-state index contributed by atoms with van der Waals surface area (Å²) in [6, 6.07) is 12.3. The second kappa shape index (κ2) is 6.11. The fraction of sp³-hybridized carbons (Fsp3) is 0.421. The van der Waals surface area contributed by atoms with Crippen LogP contribution >= 0.6 is 0 Å². The smallest absolute Gasteiger partial charge is 0.407 e. The Bertz CT molecular complexity index is 653. The SMILES string of the molecule is CC(C)(C)OC(=O)NCC1CC1c1ccc(-c2ccco2)cc1. The zero-order valence-corrected chi connectivity index (χ0v) is 13.8. The third-order valence-electron chi connectivity index (χ3n) is 3.97. The Kier molecular flexibility index (Phi) is 4.16. The second-order valence-corrected chi connectivity index (χ2v) is 7.08. The molecule has 4 heteroatoms. The molecule has 1 saturated carbocycles. The molecule has 1 heterocycles. The van der Waals surface area contributed by atoms with Crippen molar-refractivity contribution in [2.45, 2.75) is 38.7 Å². The van der Waals surface area contributed by atoms with Crippen LogP contribution in [-0.4, -0.2) is 18.2 Å². The van der Waals surface area contributed by atoms with Crippen molar-refractivity contribution in [3.63, 3.8) is 0 Å². The maximum atomic E-state index is 11.7. The zero-order chi connectivity index (χ0) is 16.4. The summed E-state index contributed by atoms with van der Waals surface area (Å²) in [6.45, 7) is 6.27. The Hall–Kier alpha value is -2.23. The Morgan fingerprint density at radius 3 is 2.61 bits per heavy atom. The number of rotatable bonds is 4. The van der Waals surface area contributed by atoms with Crippen LogP contribution in [0.1, 0.15) is 38.7 Å². The van der Waals surface area contributed by atoms with Gasteiger partial charge in [0.25, 0.3) is 0 Å². The van der Waals surface area contributed by atoms with Crippen LogP contribution in [0, 0.1) is 5.92 Å². The molecule has 0 bridgehead atoms. The molecule has 4 nitrogen and oxygen atoms in total. The highest BCUT2D eigenvalue weighted by molar-refractivity contribution is 5.67. The normalized spacial score (nSPS) is 20.1. The maximum Gasteiger partial charge on any atom is 0.407 e. The van der Waals surface area contributed by atoms with Crippen LogP contribution in [0.25, 0.3) is 11.3 Å². The number of carbonyl (C=O) groups is 1. The van der Waals surface area contributed by atoms with Crippen LogP contribution in [0.15, 0.2) is 47.1 Å². The Labute approximate surface area is 136 Å². The van der Waals surface area contributed by atoms with Crippen LogP contribution in [0.3, 0.4) is 0 Å². The molecule has 0 spiro atoms. The van der Waals surface area contributed by atoms with Gasteiger partial charge < -0.3 is 14.5 Å². The number of hydrogen-bond acceptors (Lipinski definition) is 3. The first-order valence-electron chi connectivity index (χ1n) is 8.03. The van der Waals surface area contributed by atoms with Gasteiger partial charge in [-0.15, -0.1) is 0 Å². The molecule has 0 saturated heterocycles. The Balaban J connectivity index is 1.50. The summed E-state index contributed by atoms with van der Waals surface area (Å²) >= 11 is 0. The van der Waals surface area contributed by atoms with Crippen molar-refractivity contribution in [1.29, 1.82) is 0 Å². The van der Waals surface area contributed by atoms with E-state index in [1.165, 1.54) is 5.56 Å². The lowest BCUT2D eigenvalue weighted by Gasteiger charge is -2.19. The van der Waals surface area contributed by atoms with Crippen molar-refractivity contribution in [3.8, 4) is 11.3 Å². The lowest BCUT2D eigenvalue weighted by molar-refractivity contribution is 0.0525. The minimum Gasteiger partial charge on any atom is -0.464 e. The van der Waals surface area contributed by atoms with Crippen molar-refractivity contribution in [2.75, 3.05) is 6.54 Å². The first kappa shape index (κ1) is 15.7. The molecule has 1 aromatic carbocycles. The number of ether oxygens (including phenoxy) is 1. The predicted octanol–water partition coefficient (Wildman–Crippen LogP) is 4.57. The molecular formula is C19H23NO3. The van der Waals surface area contributed by atoms with Gasteiger partial charge in [0, 0.05) is 12.1 Å². The fourth-order valence-corrected chi connectivity index (χ4v) is 2.75. The van der Waals surface area contributed by atoms with Gasteiger partial charge in [-0.3, -0.25) is 0 Å². The van der Waals surface area contributed by atoms with E-state index in [0.717, 1.165) is 17.7 Å². The van der Waals surface area contributed by atoms with E-state index in [2.05, 4.69) is 29.6 Å². The molecule has 2 aromatic rings. The van der Waals surface area contributed by atoms with E-state index in [1.807, 2.05) is 32.9 Å². The summed E-state index contributed by atoms with van der Waals surface area (Å²) in [6.07, 6.45) is 2.45. The average Bonchev–Trinajstić information content (AvgIpc) is 3.05. The molecule has 1 aromatic heterocycles. The first-order valence-corrected chi connectivity index (χ1v) is 8.03. The molecule has 0 radical (unpaired) electrons. The molecule has 1 amide bonds. The first-order chi connectivity index (χ1) is 10.9. The molecule has 2 unspecified atom stereocenters. The van der Waals surface area contributed by atoms with Gasteiger partial charge in [-0.2, -0.15) is 0 Å². The molecule has 23 heavy (non-hydrogen) atoms. The van der Waals surface area contributed by atoms with E-state index in [4.69, 9.17) is 9.15 Å². The summed E-state index contributed by atoms with van der Waals surface area (Å²) in [5, 5.41) is 2.86. The molecule has 1 aliphatic rings. The number of carbonyl (C=O) groups excluding carboxylic acids is 1. The Morgan fingerprint density at radius 2 is 2.00 bits per heavy atom. The molecule has 1 fully saturated rings. The summed E-state index contributed by atoms with van der Waals surface area (Å²) in [4.78, 5) is 11.7. The van der Waals surface area contributed by atoms with Crippen molar-refractivity contribution in [1.82, 2.24) is 5.32 Å². The van der Waals surface area contributed by atoms with Crippen LogP contribution < -0.4 is 5.32 Å². The second-order valence-electron chi connectivity index (χ2n) is 7.08. The summed E-state index contributed by atoms with van der Waals surface area (Å²) in [5.74, 6) is 1.91. The number of benzene rings is 1. The van der Waals surface area contributed by atoms with E-state index in [-0.39, 0.29) is 6.09 Å². The van der Waals surface area contributed by atoms with Gasteiger partial charge in [-0.25, -0.2) is 4.79 Å². The molecule has 3 rings (SSSR count). The highest BCUT2D eigenvalue weighted by Gasteiger charge is 2.38. The highest BCUT2D eigenvalue weighted by atomic mass is 16.6. The third-order valence-corrected chi connectivity index (χ3v) is 3.97. The largest absolute Gasteiger partial charge is 0.464 e. The zero-order valence-electron chi connectivity index (χ0n) is 13.8. The number of hydrogen-bond donors (Lipinski definition) is 1. The van der Waals surface area contributed by atoms with Gasteiger partial charge in [-0.05, 0) is 56.7 Å². The van der Waals surface area contributed by atoms with E-state index in [0.29, 0.717) is 18.4 Å². The molecule has 0 aliphatic heterocycles. The quantitative estimate of drug-likeness (QED) is 0.899. The van der Waals surface area contributed by atoms with Crippen LogP contribution in [0.4, 0.5) is 4.79 Å². The van der Waals surface area contributed by atoms with E-state index in [1.54, 1.807) is 6.26 Å². The lowest BCUT2D eigenvalue weighted by Crippen LogP contribution is -2.33. The minimum atomic E-state index is -0.450. The standard InChI is InChI=1S/C19H23NO3/c1-19(2,3)23-18(21)20-12-15-11-16(15)13-6-8-14(9-7-13)17-5-4-10-22-17/h4-10,15-16H,11-12H2,1-3H3,(H,20,21). The highest BCUT2D eigenvalue weighted by Crippen LogP contribution is 2.47. The number of alkyl carbamates (subject to hydrolysis) is 1. The van der Waals surface area contributed by atoms with Gasteiger partial charge in [0.05, 0.1) is 6.26 Å². The van der Waals surface area contributed by atoms with Crippen molar-refractivity contribution in [2.24, 2.45) is 5.92 Å². The molecule has 2 atom stereocenters. The van der Waals surface area contributed by atoms with Crippen molar-refractivity contribution in [3.05, 3.63) is 48.2 Å². The fourth-order valence-electron chi connectivity index (χ4n) is 2.75. The van der Waals surface area contributed by atoms with Crippen LogP contribution in [-0.2, 0) is 4.74 Å². The van der Waals surface area contributed by atoms with Gasteiger partial charge in [-0.1, -0.05) is 24.3 Å². The number of nitrogens with one attached hydrogen (secondary N) is 1. The average molecular weight is 313 g/mol. The number of amides is 1. The molecular weight excluding hydrogens is 290 g/mol. The third kappa shape index (κ3) is 4.15. The van der Waals surface area contributed by atoms with Gasteiger partial charge in [0.15, 0.2) is 0 Å². The van der Waals surface area contributed by atoms with Crippen molar-refractivity contribution >= 4 is 6.09 Å². The van der Waals surface area contributed by atoms with Gasteiger partial charge in [0.2, 0.25) is 0 Å². The van der Waals surface area contributed by atoms with Crippen LogP contribution in [0.5, 0.6) is 0 Å². The summed E-state index contributed by atoms with van der Waals surface area (Å²) in [7, 11) is 0. The van der Waals surface area contributed by atoms with E-state index >= 15 is 0 Å². The van der Waals surface area contributed by atoms with E-state index in [9.17, 15) is 4.79 Å². The van der Waals surface area contributed by atoms with Crippen molar-refractivity contribution < 1.29 is 13.9 Å². The van der Waals surface area contributed by atoms with E-state index < -0.39 is 5.60 Å². The molecule has 1 N–H and O–H groups in total. The minimum absolute atomic E-state index is 0.337. The van der Waals surface area contributed by atoms with Gasteiger partial charge in [0.1, 0.15) is 11.4 Å². The van der Waals surface area contributed by atoms with Crippen LogP contribution in [0.2, 0.25) is 0 Å². The summed E-state index contributed by atoms with van der Waals surface area (Å²) < 4.78 is 10.7. The number of furan rings is 1. The van der Waals surface area contributed by atoms with Gasteiger partial charge >= 0.3 is 6.09 Å². The molecule has 1 aliphatic carbocycles. The predicted molar refractivity (Wildman–Crippen MR) is 89.2 cm³/mol. The topological polar surface area (TPSA) is 51.5 Å². The summed E-state index contributed by atoms with van der Waals surface area (Å²) in [5.41, 5.74) is 1.95. The lowest BCUT2D eigenvalue weighted by atomic mass is 10.1. The Morgan fingerprint density at radius 1 is 1.26 bits per heavy atom. The maximum absolute atomic E-state index is 11.7. The monoisotopic (exact) mass is 313 g/mol. The molecule has 122 valence electrons.